The number of phosphoric ester groups is 1. The Morgan fingerprint density at radius 1 is 0.390 bits per heavy atom. The Morgan fingerprint density at radius 3 is 1.04 bits per heavy atom. The number of rotatable bonds is 60. The van der Waals surface area contributed by atoms with Crippen molar-refractivity contribution in [3.63, 3.8) is 0 Å². The third-order valence-corrected chi connectivity index (χ3v) is 15.0. The topological polar surface area (TPSA) is 108 Å². The molecule has 0 aliphatic heterocycles. The number of likely N-dealkylation sites (N-methyl/N-ethyl adjacent to an activating group) is 1. The van der Waals surface area contributed by atoms with E-state index >= 15 is 0 Å². The van der Waals surface area contributed by atoms with Gasteiger partial charge in [-0.2, -0.15) is 0 Å². The quantitative estimate of drug-likeness (QED) is 0.0211. The van der Waals surface area contributed by atoms with Crippen molar-refractivity contribution in [3.05, 3.63) is 122 Å². The summed E-state index contributed by atoms with van der Waals surface area (Å²) in [4.78, 5) is 35.8. The molecule has 1 N–H and O–H groups in total. The number of hydrogen-bond donors (Lipinski definition) is 1. The van der Waals surface area contributed by atoms with E-state index in [0.29, 0.717) is 17.4 Å². The lowest BCUT2D eigenvalue weighted by Gasteiger charge is -2.24. The molecule has 0 bridgehead atoms. The van der Waals surface area contributed by atoms with Gasteiger partial charge in [-0.15, -0.1) is 0 Å². The summed E-state index contributed by atoms with van der Waals surface area (Å²) >= 11 is 0. The smallest absolute Gasteiger partial charge is 0.462 e. The highest BCUT2D eigenvalue weighted by Crippen LogP contribution is 2.43. The van der Waals surface area contributed by atoms with Crippen molar-refractivity contribution >= 4 is 19.8 Å². The molecule has 0 aliphatic rings. The average molecular weight is 1160 g/mol. The van der Waals surface area contributed by atoms with Gasteiger partial charge in [0.2, 0.25) is 0 Å². The van der Waals surface area contributed by atoms with Crippen molar-refractivity contribution in [3.8, 4) is 0 Å². The van der Waals surface area contributed by atoms with Crippen LogP contribution in [0.25, 0.3) is 0 Å². The van der Waals surface area contributed by atoms with Crippen molar-refractivity contribution in [2.24, 2.45) is 0 Å². The van der Waals surface area contributed by atoms with E-state index in [4.69, 9.17) is 18.5 Å². The summed E-state index contributed by atoms with van der Waals surface area (Å²) in [5, 5.41) is 0. The first kappa shape index (κ1) is 78.4. The van der Waals surface area contributed by atoms with E-state index in [0.717, 1.165) is 96.3 Å². The maximum absolute atomic E-state index is 12.8. The Kier molecular flexibility index (Phi) is 59.2. The number of carbonyl (C=O) groups excluding carboxylic acids is 2. The molecule has 0 saturated heterocycles. The molecule has 0 aliphatic carbocycles. The molecule has 2 unspecified atom stereocenters. The van der Waals surface area contributed by atoms with Crippen LogP contribution in [0.2, 0.25) is 0 Å². The molecule has 0 rings (SSSR count). The van der Waals surface area contributed by atoms with Gasteiger partial charge in [-0.25, -0.2) is 4.57 Å². The predicted octanol–water partition coefficient (Wildman–Crippen LogP) is 21.5. The Bertz CT molecular complexity index is 1800. The summed E-state index contributed by atoms with van der Waals surface area (Å²) < 4.78 is 34.6. The van der Waals surface area contributed by atoms with Crippen LogP contribution in [0.15, 0.2) is 122 Å². The summed E-state index contributed by atoms with van der Waals surface area (Å²) in [5.41, 5.74) is 0. The SMILES string of the molecule is CC/C=C\C/C=C\C/C=C\C/C=C\C/C=C\C/C=C\C/C=C\C/C=C\C/C=C\C/C=C\CCCCC(=O)OC(COC(=O)CCCCCCCCCCCCCCCCCCCCCCCCCCC)COP(=O)(O)OCC[N+](C)(C)C. The van der Waals surface area contributed by atoms with Crippen LogP contribution in [-0.2, 0) is 32.7 Å². The number of unbranched alkanes of at least 4 members (excludes halogenated alkanes) is 26. The first-order chi connectivity index (χ1) is 40.0. The standard InChI is InChI=1S/C72H124NO8P/c1-6-8-10-12-14-16-18-20-22-24-26-28-30-32-33-34-35-36-37-38-39-41-43-45-47-49-51-53-55-57-59-61-63-65-72(75)81-70(69-80-82(76,77)79-67-66-73(3,4)5)68-78-71(74)64-62-60-58-56-54-52-50-48-46-44-42-40-31-29-27-25-23-21-19-17-15-13-11-9-7-2/h8,10,14,16,20,22,26,28,32-33,35-36,38-39,43,45,49,51,55,57,70H,6-7,9,11-13,15,17-19,21,23-25,27,29-31,34,37,40-42,44,46-48,50,52-54,56,58-69H2,1-5H3/p+1/b10-8-,16-14-,22-20-,28-26-,33-32-,36-35-,39-38-,45-43-,51-49-,57-55-. The van der Waals surface area contributed by atoms with Crippen molar-refractivity contribution in [2.45, 2.75) is 277 Å². The molecule has 82 heavy (non-hydrogen) atoms. The normalized spacial score (nSPS) is 14.0. The number of nitrogens with zero attached hydrogens (tertiary/aromatic N) is 1. The van der Waals surface area contributed by atoms with E-state index in [1.54, 1.807) is 0 Å². The molecule has 0 aromatic rings. The van der Waals surface area contributed by atoms with Crippen LogP contribution in [0.5, 0.6) is 0 Å². The number of phosphoric acid groups is 1. The van der Waals surface area contributed by atoms with Gasteiger partial charge in [-0.3, -0.25) is 18.6 Å². The minimum Gasteiger partial charge on any atom is -0.462 e. The van der Waals surface area contributed by atoms with Crippen molar-refractivity contribution in [1.82, 2.24) is 0 Å². The van der Waals surface area contributed by atoms with Gasteiger partial charge in [0.05, 0.1) is 27.7 Å². The van der Waals surface area contributed by atoms with E-state index in [9.17, 15) is 19.0 Å². The summed E-state index contributed by atoms with van der Waals surface area (Å²) in [7, 11) is 1.44. The van der Waals surface area contributed by atoms with Crippen molar-refractivity contribution < 1.29 is 42.1 Å². The van der Waals surface area contributed by atoms with Gasteiger partial charge >= 0.3 is 19.8 Å². The average Bonchev–Trinajstić information content (AvgIpc) is 3.46. The second kappa shape index (κ2) is 62.0. The van der Waals surface area contributed by atoms with E-state index in [1.807, 2.05) is 21.1 Å². The highest BCUT2D eigenvalue weighted by Gasteiger charge is 2.27. The highest BCUT2D eigenvalue weighted by atomic mass is 31.2. The lowest BCUT2D eigenvalue weighted by Crippen LogP contribution is -2.37. The van der Waals surface area contributed by atoms with Gasteiger partial charge in [0, 0.05) is 12.8 Å². The van der Waals surface area contributed by atoms with Crippen LogP contribution in [-0.4, -0.2) is 74.9 Å². The summed E-state index contributed by atoms with van der Waals surface area (Å²) in [6, 6.07) is 0. The molecule has 0 amide bonds. The summed E-state index contributed by atoms with van der Waals surface area (Å²) in [6.45, 7) is 4.29. The van der Waals surface area contributed by atoms with Gasteiger partial charge in [-0.1, -0.05) is 289 Å². The number of quaternary nitrogens is 1. The highest BCUT2D eigenvalue weighted by molar-refractivity contribution is 7.47. The molecule has 10 heteroatoms. The predicted molar refractivity (Wildman–Crippen MR) is 353 cm³/mol. The molecular formula is C72H125NO8P+. The van der Waals surface area contributed by atoms with Crippen LogP contribution < -0.4 is 0 Å². The molecule has 0 heterocycles. The Morgan fingerprint density at radius 2 is 0.695 bits per heavy atom. The lowest BCUT2D eigenvalue weighted by molar-refractivity contribution is -0.870. The number of allylic oxidation sites excluding steroid dienone is 20. The Balaban J connectivity index is 4.21. The molecule has 0 aromatic heterocycles. The number of esters is 2. The van der Waals surface area contributed by atoms with Crippen molar-refractivity contribution in [2.75, 3.05) is 47.5 Å². The van der Waals surface area contributed by atoms with Gasteiger partial charge in [0.1, 0.15) is 19.8 Å². The minimum atomic E-state index is -4.41. The zero-order valence-corrected chi connectivity index (χ0v) is 54.3. The van der Waals surface area contributed by atoms with E-state index in [2.05, 4.69) is 135 Å². The minimum absolute atomic E-state index is 0.0180. The fraction of sp³-hybridized carbons (Fsp3) is 0.694. The van der Waals surface area contributed by atoms with Crippen molar-refractivity contribution in [1.29, 1.82) is 0 Å². The monoisotopic (exact) mass is 1160 g/mol. The van der Waals surface area contributed by atoms with Gasteiger partial charge < -0.3 is 18.9 Å². The van der Waals surface area contributed by atoms with Crippen LogP contribution in [0.3, 0.4) is 0 Å². The summed E-state index contributed by atoms with van der Waals surface area (Å²) in [5.74, 6) is -0.847. The van der Waals surface area contributed by atoms with Crippen LogP contribution in [0.4, 0.5) is 0 Å². The first-order valence-electron chi connectivity index (χ1n) is 33.3. The van der Waals surface area contributed by atoms with E-state index in [-0.39, 0.29) is 32.0 Å². The van der Waals surface area contributed by atoms with Crippen LogP contribution in [0.1, 0.15) is 271 Å². The molecule has 2 atom stereocenters. The fourth-order valence-electron chi connectivity index (χ4n) is 8.93. The molecule has 0 radical (unpaired) electrons. The molecule has 0 spiro atoms. The molecule has 9 nitrogen and oxygen atoms in total. The fourth-order valence-corrected chi connectivity index (χ4v) is 9.67. The molecule has 470 valence electrons. The lowest BCUT2D eigenvalue weighted by atomic mass is 10.0. The Hall–Kier alpha value is -3.59. The van der Waals surface area contributed by atoms with Gasteiger partial charge in [0.25, 0.3) is 0 Å². The van der Waals surface area contributed by atoms with Gasteiger partial charge in [0.15, 0.2) is 6.10 Å². The second-order valence-corrected chi connectivity index (χ2v) is 24.6. The number of carbonyl (C=O) groups is 2. The maximum atomic E-state index is 12.8. The number of hydrogen-bond acceptors (Lipinski definition) is 7. The third kappa shape index (κ3) is 65.6. The van der Waals surface area contributed by atoms with Crippen LogP contribution >= 0.6 is 7.82 Å². The molecular weight excluding hydrogens is 1040 g/mol. The third-order valence-electron chi connectivity index (χ3n) is 14.0. The second-order valence-electron chi connectivity index (χ2n) is 23.1. The Labute approximate surface area is 505 Å². The molecule has 0 aromatic carbocycles. The zero-order valence-electron chi connectivity index (χ0n) is 53.4. The summed E-state index contributed by atoms with van der Waals surface area (Å²) in [6.07, 6.45) is 88.7. The molecule has 0 fully saturated rings. The molecule has 0 saturated carbocycles. The van der Waals surface area contributed by atoms with E-state index in [1.165, 1.54) is 141 Å². The largest absolute Gasteiger partial charge is 0.472 e. The van der Waals surface area contributed by atoms with E-state index < -0.39 is 26.5 Å². The van der Waals surface area contributed by atoms with Gasteiger partial charge in [-0.05, 0) is 89.9 Å². The first-order valence-corrected chi connectivity index (χ1v) is 34.8. The zero-order chi connectivity index (χ0) is 59.8. The van der Waals surface area contributed by atoms with Crippen LogP contribution in [0, 0.1) is 0 Å². The maximum Gasteiger partial charge on any atom is 0.472 e. The number of ether oxygens (including phenoxy) is 2.